The Bertz CT molecular complexity index is 457. The first-order valence-corrected chi connectivity index (χ1v) is 5.34. The van der Waals surface area contributed by atoms with Crippen LogP contribution in [0, 0.1) is 0 Å². The van der Waals surface area contributed by atoms with Crippen LogP contribution in [0.25, 0.3) is 11.0 Å². The fourth-order valence-corrected chi connectivity index (χ4v) is 1.82. The highest BCUT2D eigenvalue weighted by Gasteiger charge is 2.08. The number of nitrogens with one attached hydrogen (secondary N) is 2. The summed E-state index contributed by atoms with van der Waals surface area (Å²) in [7, 11) is 1.93. The van der Waals surface area contributed by atoms with Gasteiger partial charge < -0.3 is 10.3 Å². The molecular weight excluding hydrogens is 186 g/mol. The molecule has 0 aliphatic carbocycles. The second-order valence-corrected chi connectivity index (χ2v) is 4.11. The van der Waals surface area contributed by atoms with Crippen LogP contribution in [0.15, 0.2) is 18.2 Å². The van der Waals surface area contributed by atoms with Gasteiger partial charge in [-0.3, -0.25) is 0 Å². The Labute approximate surface area is 89.9 Å². The van der Waals surface area contributed by atoms with Crippen molar-refractivity contribution in [2.24, 2.45) is 0 Å². The molecule has 3 heteroatoms. The van der Waals surface area contributed by atoms with Crippen molar-refractivity contribution < 1.29 is 0 Å². The number of para-hydroxylation sites is 1. The van der Waals surface area contributed by atoms with Gasteiger partial charge in [0.05, 0.1) is 17.6 Å². The van der Waals surface area contributed by atoms with Crippen molar-refractivity contribution in [1.82, 2.24) is 15.3 Å². The maximum absolute atomic E-state index is 4.61. The fraction of sp³-hybridized carbons (Fsp3) is 0.417. The lowest BCUT2D eigenvalue weighted by molar-refractivity contribution is 0.774. The largest absolute Gasteiger partial charge is 0.341 e. The number of hydrogen-bond donors (Lipinski definition) is 2. The van der Waals surface area contributed by atoms with Crippen LogP contribution in [0.2, 0.25) is 0 Å². The van der Waals surface area contributed by atoms with Crippen LogP contribution in [0.4, 0.5) is 0 Å². The van der Waals surface area contributed by atoms with E-state index in [1.54, 1.807) is 0 Å². The van der Waals surface area contributed by atoms with E-state index in [1.807, 2.05) is 7.05 Å². The lowest BCUT2D eigenvalue weighted by Crippen LogP contribution is -2.06. The van der Waals surface area contributed by atoms with Gasteiger partial charge in [-0.1, -0.05) is 26.0 Å². The number of H-pyrrole nitrogens is 1. The minimum atomic E-state index is 0.513. The minimum Gasteiger partial charge on any atom is -0.341 e. The Kier molecular flexibility index (Phi) is 2.73. The van der Waals surface area contributed by atoms with E-state index in [4.69, 9.17) is 0 Å². The number of rotatable bonds is 3. The molecule has 0 unspecified atom stereocenters. The molecule has 2 aromatic rings. The number of hydrogen-bond acceptors (Lipinski definition) is 2. The monoisotopic (exact) mass is 203 g/mol. The molecule has 0 spiro atoms. The first-order chi connectivity index (χ1) is 7.22. The van der Waals surface area contributed by atoms with Crippen LogP contribution >= 0.6 is 0 Å². The summed E-state index contributed by atoms with van der Waals surface area (Å²) in [6.07, 6.45) is 0. The predicted molar refractivity (Wildman–Crippen MR) is 62.9 cm³/mol. The summed E-state index contributed by atoms with van der Waals surface area (Å²) in [5.74, 6) is 1.51. The Morgan fingerprint density at radius 1 is 1.40 bits per heavy atom. The van der Waals surface area contributed by atoms with E-state index in [-0.39, 0.29) is 0 Å². The van der Waals surface area contributed by atoms with E-state index in [1.165, 1.54) is 5.56 Å². The number of aromatic nitrogens is 2. The van der Waals surface area contributed by atoms with E-state index in [0.717, 1.165) is 23.4 Å². The third kappa shape index (κ3) is 1.88. The molecular formula is C12H17N3. The lowest BCUT2D eigenvalue weighted by atomic mass is 10.0. The van der Waals surface area contributed by atoms with Crippen LogP contribution in [-0.4, -0.2) is 17.0 Å². The molecule has 1 aromatic carbocycles. The summed E-state index contributed by atoms with van der Waals surface area (Å²) in [6.45, 7) is 5.18. The highest BCUT2D eigenvalue weighted by molar-refractivity contribution is 5.79. The molecule has 2 rings (SSSR count). The number of fused-ring (bicyclic) bond motifs is 1. The second kappa shape index (κ2) is 4.03. The summed E-state index contributed by atoms with van der Waals surface area (Å²) >= 11 is 0. The van der Waals surface area contributed by atoms with Crippen molar-refractivity contribution >= 4 is 11.0 Å². The van der Waals surface area contributed by atoms with Crippen LogP contribution in [0.1, 0.15) is 31.2 Å². The molecule has 0 bridgehead atoms. The molecule has 1 aromatic heterocycles. The highest BCUT2D eigenvalue weighted by atomic mass is 15.0. The Balaban J connectivity index is 2.54. The fourth-order valence-electron chi connectivity index (χ4n) is 1.82. The van der Waals surface area contributed by atoms with Gasteiger partial charge in [0.1, 0.15) is 5.82 Å². The molecule has 80 valence electrons. The molecule has 1 heterocycles. The first-order valence-electron chi connectivity index (χ1n) is 5.34. The van der Waals surface area contributed by atoms with Crippen LogP contribution < -0.4 is 5.32 Å². The molecule has 0 aliphatic heterocycles. The molecule has 0 radical (unpaired) electrons. The summed E-state index contributed by atoms with van der Waals surface area (Å²) in [6, 6.07) is 6.31. The molecule has 0 aliphatic rings. The van der Waals surface area contributed by atoms with Gasteiger partial charge in [-0.2, -0.15) is 0 Å². The standard InChI is InChI=1S/C12H17N3/c1-8(2)9-5-4-6-10-12(9)15-11(14-10)7-13-3/h4-6,8,13H,7H2,1-3H3,(H,14,15). The van der Waals surface area contributed by atoms with Gasteiger partial charge in [0, 0.05) is 0 Å². The first kappa shape index (κ1) is 10.2. The Morgan fingerprint density at radius 2 is 2.20 bits per heavy atom. The van der Waals surface area contributed by atoms with Gasteiger partial charge >= 0.3 is 0 Å². The summed E-state index contributed by atoms with van der Waals surface area (Å²) in [4.78, 5) is 7.92. The molecule has 0 amide bonds. The van der Waals surface area contributed by atoms with E-state index < -0.39 is 0 Å². The number of imidazole rings is 1. The summed E-state index contributed by atoms with van der Waals surface area (Å²) in [5.41, 5.74) is 3.55. The van der Waals surface area contributed by atoms with E-state index in [9.17, 15) is 0 Å². The number of aromatic amines is 1. The van der Waals surface area contributed by atoms with Crippen molar-refractivity contribution in [2.75, 3.05) is 7.05 Å². The normalized spacial score (nSPS) is 11.5. The third-order valence-corrected chi connectivity index (χ3v) is 2.56. The maximum Gasteiger partial charge on any atom is 0.121 e. The quantitative estimate of drug-likeness (QED) is 0.804. The van der Waals surface area contributed by atoms with Gasteiger partial charge in [-0.25, -0.2) is 4.98 Å². The van der Waals surface area contributed by atoms with Gasteiger partial charge in [-0.15, -0.1) is 0 Å². The average Bonchev–Trinajstić information content (AvgIpc) is 2.59. The van der Waals surface area contributed by atoms with Crippen molar-refractivity contribution in [3.05, 3.63) is 29.6 Å². The van der Waals surface area contributed by atoms with Crippen LogP contribution in [0.3, 0.4) is 0 Å². The van der Waals surface area contributed by atoms with Gasteiger partial charge in [0.2, 0.25) is 0 Å². The minimum absolute atomic E-state index is 0.513. The molecule has 0 saturated heterocycles. The molecule has 3 nitrogen and oxygen atoms in total. The van der Waals surface area contributed by atoms with Crippen LogP contribution in [-0.2, 0) is 6.54 Å². The third-order valence-electron chi connectivity index (χ3n) is 2.56. The molecule has 0 atom stereocenters. The average molecular weight is 203 g/mol. The molecule has 2 N–H and O–H groups in total. The SMILES string of the molecule is CNCc1nc2c(C(C)C)cccc2[nH]1. The second-order valence-electron chi connectivity index (χ2n) is 4.11. The van der Waals surface area contributed by atoms with Gasteiger partial charge in [0.25, 0.3) is 0 Å². The highest BCUT2D eigenvalue weighted by Crippen LogP contribution is 2.23. The van der Waals surface area contributed by atoms with Gasteiger partial charge in [-0.05, 0) is 24.6 Å². The topological polar surface area (TPSA) is 40.7 Å². The number of nitrogens with zero attached hydrogens (tertiary/aromatic N) is 1. The summed E-state index contributed by atoms with van der Waals surface area (Å²) < 4.78 is 0. The van der Waals surface area contributed by atoms with E-state index in [2.05, 4.69) is 47.3 Å². The van der Waals surface area contributed by atoms with Crippen molar-refractivity contribution in [3.8, 4) is 0 Å². The lowest BCUT2D eigenvalue weighted by Gasteiger charge is -2.04. The summed E-state index contributed by atoms with van der Waals surface area (Å²) in [5, 5.41) is 3.10. The number of benzene rings is 1. The maximum atomic E-state index is 4.61. The van der Waals surface area contributed by atoms with E-state index in [0.29, 0.717) is 5.92 Å². The Morgan fingerprint density at radius 3 is 2.87 bits per heavy atom. The smallest absolute Gasteiger partial charge is 0.121 e. The van der Waals surface area contributed by atoms with Crippen molar-refractivity contribution in [1.29, 1.82) is 0 Å². The Hall–Kier alpha value is -1.35. The van der Waals surface area contributed by atoms with Crippen LogP contribution in [0.5, 0.6) is 0 Å². The van der Waals surface area contributed by atoms with E-state index >= 15 is 0 Å². The molecule has 0 saturated carbocycles. The molecule has 0 fully saturated rings. The van der Waals surface area contributed by atoms with Crippen molar-refractivity contribution in [2.45, 2.75) is 26.3 Å². The zero-order valence-electron chi connectivity index (χ0n) is 9.46. The predicted octanol–water partition coefficient (Wildman–Crippen LogP) is 2.41. The zero-order valence-corrected chi connectivity index (χ0v) is 9.46. The van der Waals surface area contributed by atoms with Gasteiger partial charge in [0.15, 0.2) is 0 Å². The molecule has 15 heavy (non-hydrogen) atoms. The van der Waals surface area contributed by atoms with Crippen molar-refractivity contribution in [3.63, 3.8) is 0 Å². The zero-order chi connectivity index (χ0) is 10.8.